The molecule has 0 bridgehead atoms. The molecule has 1 aliphatic rings. The van der Waals surface area contributed by atoms with E-state index in [1.165, 1.54) is 54.9 Å². The second-order valence-electron chi connectivity index (χ2n) is 8.58. The third-order valence-electron chi connectivity index (χ3n) is 6.37. The summed E-state index contributed by atoms with van der Waals surface area (Å²) < 4.78 is 0. The molecule has 163 valence electrons. The predicted octanol–water partition coefficient (Wildman–Crippen LogP) is 8.79. The summed E-state index contributed by atoms with van der Waals surface area (Å²) in [7, 11) is 0. The maximum atomic E-state index is 3.50. The number of hydrogen-bond donors (Lipinski definition) is 0. The molecule has 0 unspecified atom stereocenters. The SMILES string of the molecule is Cc1[c-]c2c(cc1C)-c1ccccc1C2.[Zr+3].c1cc[cH-]c1.c1ccc2c(c1)[cH-]c1ccccc12. The first kappa shape index (κ1) is 24.1. The molecule has 1 heteroatoms. The zero-order chi connectivity index (χ0) is 22.6. The third kappa shape index (κ3) is 5.06. The molecule has 7 rings (SSSR count). The second-order valence-corrected chi connectivity index (χ2v) is 8.58. The molecule has 0 nitrogen and oxygen atoms in total. The van der Waals surface area contributed by atoms with Gasteiger partial charge in [0.25, 0.3) is 0 Å². The fraction of sp³-hybridized carbons (Fsp3) is 0.0909. The van der Waals surface area contributed by atoms with Crippen molar-refractivity contribution >= 4 is 21.5 Å². The molecule has 0 aliphatic heterocycles. The molecule has 34 heavy (non-hydrogen) atoms. The molecule has 0 spiro atoms. The van der Waals surface area contributed by atoms with Crippen LogP contribution in [0.3, 0.4) is 0 Å². The molecule has 0 aromatic heterocycles. The van der Waals surface area contributed by atoms with Gasteiger partial charge in [-0.2, -0.15) is 41.5 Å². The normalized spacial score (nSPS) is 10.9. The molecular weight excluding hydrogens is 488 g/mol. The van der Waals surface area contributed by atoms with Crippen LogP contribution in [0.2, 0.25) is 0 Å². The van der Waals surface area contributed by atoms with Gasteiger partial charge in [0.2, 0.25) is 0 Å². The van der Waals surface area contributed by atoms with Crippen LogP contribution in [-0.4, -0.2) is 0 Å². The summed E-state index contributed by atoms with van der Waals surface area (Å²) in [5.41, 5.74) is 8.20. The number of aryl methyl sites for hydroxylation is 2. The Balaban J connectivity index is 0.000000132. The Labute approximate surface area is 221 Å². The van der Waals surface area contributed by atoms with E-state index in [1.807, 2.05) is 30.3 Å². The molecule has 0 N–H and O–H groups in total. The van der Waals surface area contributed by atoms with Gasteiger partial charge in [0.15, 0.2) is 0 Å². The first-order chi connectivity index (χ1) is 16.2. The van der Waals surface area contributed by atoms with Crippen LogP contribution >= 0.6 is 0 Å². The van der Waals surface area contributed by atoms with Crippen LogP contribution in [0.4, 0.5) is 0 Å². The van der Waals surface area contributed by atoms with Gasteiger partial charge in [-0.05, 0) is 6.42 Å². The predicted molar refractivity (Wildman–Crippen MR) is 142 cm³/mol. The van der Waals surface area contributed by atoms with Gasteiger partial charge >= 0.3 is 26.2 Å². The Morgan fingerprint density at radius 1 is 0.676 bits per heavy atom. The maximum Gasteiger partial charge on any atom is 3.00 e. The monoisotopic (exact) mass is 513 g/mol. The largest absolute Gasteiger partial charge is 3.00 e. The summed E-state index contributed by atoms with van der Waals surface area (Å²) in [5.74, 6) is 0. The number of hydrogen-bond acceptors (Lipinski definition) is 0. The van der Waals surface area contributed by atoms with Gasteiger partial charge in [0, 0.05) is 0 Å². The van der Waals surface area contributed by atoms with Crippen molar-refractivity contribution < 1.29 is 26.2 Å². The van der Waals surface area contributed by atoms with Crippen LogP contribution in [0.1, 0.15) is 22.3 Å². The van der Waals surface area contributed by atoms with Crippen LogP contribution in [0.25, 0.3) is 32.7 Å². The van der Waals surface area contributed by atoms with Crippen molar-refractivity contribution in [2.45, 2.75) is 20.3 Å². The van der Waals surface area contributed by atoms with Crippen molar-refractivity contribution in [3.05, 3.63) is 144 Å². The van der Waals surface area contributed by atoms with Gasteiger partial charge in [0.05, 0.1) is 0 Å². The smallest absolute Gasteiger partial charge is 0.214 e. The van der Waals surface area contributed by atoms with Crippen molar-refractivity contribution in [2.24, 2.45) is 0 Å². The van der Waals surface area contributed by atoms with Gasteiger partial charge < -0.3 is 0 Å². The Bertz CT molecular complexity index is 1430. The van der Waals surface area contributed by atoms with Crippen LogP contribution in [0.5, 0.6) is 0 Å². The average Bonchev–Trinajstić information content (AvgIpc) is 3.60. The van der Waals surface area contributed by atoms with Gasteiger partial charge in [0.1, 0.15) is 0 Å². The molecule has 0 saturated carbocycles. The fourth-order valence-electron chi connectivity index (χ4n) is 4.54. The van der Waals surface area contributed by atoms with Crippen molar-refractivity contribution in [1.29, 1.82) is 0 Å². The molecule has 6 aromatic rings. The fourth-order valence-corrected chi connectivity index (χ4v) is 4.54. The Kier molecular flexibility index (Phi) is 7.76. The van der Waals surface area contributed by atoms with E-state index in [-0.39, 0.29) is 26.2 Å². The van der Waals surface area contributed by atoms with Crippen molar-refractivity contribution in [2.75, 3.05) is 0 Å². The maximum absolute atomic E-state index is 3.50. The molecule has 0 amide bonds. The number of fused-ring (bicyclic) bond motifs is 6. The van der Waals surface area contributed by atoms with E-state index in [4.69, 9.17) is 0 Å². The van der Waals surface area contributed by atoms with E-state index in [0.29, 0.717) is 0 Å². The summed E-state index contributed by atoms with van der Waals surface area (Å²) in [4.78, 5) is 0. The zero-order valence-corrected chi connectivity index (χ0v) is 22.1. The first-order valence-corrected chi connectivity index (χ1v) is 11.5. The minimum Gasteiger partial charge on any atom is -0.214 e. The molecule has 1 aliphatic carbocycles. The van der Waals surface area contributed by atoms with Crippen LogP contribution < -0.4 is 0 Å². The van der Waals surface area contributed by atoms with Crippen LogP contribution in [0, 0.1) is 19.9 Å². The molecule has 0 atom stereocenters. The van der Waals surface area contributed by atoms with Crippen LogP contribution in [-0.2, 0) is 32.6 Å². The molecular formula is C33H27Zr. The summed E-state index contributed by atoms with van der Waals surface area (Å²) in [6.45, 7) is 4.30. The molecule has 1 radical (unpaired) electrons. The zero-order valence-electron chi connectivity index (χ0n) is 19.7. The van der Waals surface area contributed by atoms with E-state index in [1.54, 1.807) is 0 Å². The van der Waals surface area contributed by atoms with Gasteiger partial charge in [-0.15, -0.1) is 50.9 Å². The average molecular weight is 515 g/mol. The standard InChI is InChI=1S/C15H13.C13H9.C5H5.Zr/c1-10-7-13-9-12-5-3-4-6-14(12)15(13)8-11(10)2;1-3-7-12-10(5-1)9-11-6-2-4-8-13(11)12;1-2-4-5-3-1;/h3-6,8H,9H2,1-2H3;1-9H;1-5H;/q3*-1;+3. The summed E-state index contributed by atoms with van der Waals surface area (Å²) in [6.07, 6.45) is 1.05. The van der Waals surface area contributed by atoms with Gasteiger partial charge in [-0.25, -0.2) is 12.1 Å². The second kappa shape index (κ2) is 10.9. The molecule has 0 fully saturated rings. The quantitative estimate of drug-likeness (QED) is 0.177. The summed E-state index contributed by atoms with van der Waals surface area (Å²) in [6, 6.07) is 43.7. The van der Waals surface area contributed by atoms with Crippen molar-refractivity contribution in [3.8, 4) is 11.1 Å². The number of benzene rings is 4. The Morgan fingerprint density at radius 2 is 1.26 bits per heavy atom. The molecule has 6 aromatic carbocycles. The minimum atomic E-state index is 0. The van der Waals surface area contributed by atoms with Gasteiger partial charge in [-0.3, -0.25) is 0 Å². The third-order valence-corrected chi connectivity index (χ3v) is 6.37. The van der Waals surface area contributed by atoms with E-state index in [9.17, 15) is 0 Å². The molecule has 0 saturated heterocycles. The Morgan fingerprint density at radius 3 is 1.88 bits per heavy atom. The minimum absolute atomic E-state index is 0. The van der Waals surface area contributed by atoms with E-state index < -0.39 is 0 Å². The first-order valence-electron chi connectivity index (χ1n) is 11.5. The van der Waals surface area contributed by atoms with E-state index in [2.05, 4.69) is 105 Å². The Hall–Kier alpha value is -3.02. The topological polar surface area (TPSA) is 0 Å². The van der Waals surface area contributed by atoms with E-state index in [0.717, 1.165) is 6.42 Å². The van der Waals surface area contributed by atoms with Crippen molar-refractivity contribution in [3.63, 3.8) is 0 Å². The van der Waals surface area contributed by atoms with E-state index >= 15 is 0 Å². The number of rotatable bonds is 0. The van der Waals surface area contributed by atoms with Crippen molar-refractivity contribution in [1.82, 2.24) is 0 Å². The molecule has 0 heterocycles. The summed E-state index contributed by atoms with van der Waals surface area (Å²) in [5, 5.41) is 5.39. The summed E-state index contributed by atoms with van der Waals surface area (Å²) >= 11 is 0. The van der Waals surface area contributed by atoms with Crippen LogP contribution in [0.15, 0.2) is 115 Å². The van der Waals surface area contributed by atoms with Gasteiger partial charge in [-0.1, -0.05) is 85.6 Å².